The van der Waals surface area contributed by atoms with Crippen molar-refractivity contribution in [2.24, 2.45) is 0 Å². The molecule has 0 unspecified atom stereocenters. The van der Waals surface area contributed by atoms with Crippen LogP contribution in [-0.4, -0.2) is 32.5 Å². The third-order valence-electron chi connectivity index (χ3n) is 5.46. The van der Waals surface area contributed by atoms with Crippen LogP contribution in [0.15, 0.2) is 29.2 Å². The summed E-state index contributed by atoms with van der Waals surface area (Å²) in [5.74, 6) is 0.530. The number of methoxy groups -OCH3 is 1. The van der Waals surface area contributed by atoms with Crippen LogP contribution < -0.4 is 10.3 Å². The number of hydrogen-bond donors (Lipinski definition) is 1. The lowest BCUT2D eigenvalue weighted by Gasteiger charge is -2.31. The average molecular weight is 388 g/mol. The number of hydrogen-bond acceptors (Lipinski definition) is 4. The molecule has 0 saturated heterocycles. The first-order chi connectivity index (χ1) is 13.4. The van der Waals surface area contributed by atoms with Gasteiger partial charge in [0.05, 0.1) is 19.3 Å². The third-order valence-corrected chi connectivity index (χ3v) is 5.46. The summed E-state index contributed by atoms with van der Waals surface area (Å²) in [6.07, 6.45) is 3.91. The molecule has 1 aromatic carbocycles. The second-order valence-corrected chi connectivity index (χ2v) is 7.62. The molecule has 28 heavy (non-hydrogen) atoms. The van der Waals surface area contributed by atoms with Crippen molar-refractivity contribution in [3.63, 3.8) is 0 Å². The number of halogens is 2. The van der Waals surface area contributed by atoms with Crippen molar-refractivity contribution in [2.45, 2.75) is 50.7 Å². The molecule has 0 radical (unpaired) electrons. The van der Waals surface area contributed by atoms with E-state index >= 15 is 0 Å². The molecule has 3 aromatic rings. The molecule has 1 fully saturated rings. The number of benzene rings is 1. The highest BCUT2D eigenvalue weighted by molar-refractivity contribution is 5.73. The van der Waals surface area contributed by atoms with Gasteiger partial charge in [0.1, 0.15) is 28.4 Å². The van der Waals surface area contributed by atoms with Crippen LogP contribution in [0.5, 0.6) is 5.75 Å². The second kappa shape index (κ2) is 7.00. The van der Waals surface area contributed by atoms with E-state index < -0.39 is 5.67 Å². The lowest BCUT2D eigenvalue weighted by Crippen LogP contribution is -2.28. The van der Waals surface area contributed by atoms with E-state index in [2.05, 4.69) is 15.1 Å². The van der Waals surface area contributed by atoms with Gasteiger partial charge in [-0.3, -0.25) is 4.79 Å². The zero-order valence-corrected chi connectivity index (χ0v) is 15.8. The fourth-order valence-corrected chi connectivity index (χ4v) is 3.85. The molecule has 1 saturated carbocycles. The van der Waals surface area contributed by atoms with Gasteiger partial charge >= 0.3 is 0 Å². The minimum atomic E-state index is -1.15. The molecular formula is C20H22F2N4O2. The highest BCUT2D eigenvalue weighted by Gasteiger charge is 2.32. The fraction of sp³-hybridized carbons (Fsp3) is 0.450. The van der Waals surface area contributed by atoms with Crippen LogP contribution in [0, 0.1) is 5.82 Å². The maximum atomic E-state index is 14.1. The molecule has 4 rings (SSSR count). The standard InChI is InChI=1S/C20H22F2N4O2/c1-20(22)7-5-14(6-8-20)26-18-15(11-23-26)19(27)25-17(24-18)10-12-9-13(21)3-4-16(12)28-2/h3-4,9,11,14H,5-8,10H2,1-2H3,(H,24,25,27). The number of aromatic nitrogens is 4. The summed E-state index contributed by atoms with van der Waals surface area (Å²) in [7, 11) is 1.51. The van der Waals surface area contributed by atoms with E-state index in [9.17, 15) is 13.6 Å². The van der Waals surface area contributed by atoms with Gasteiger partial charge in [0.2, 0.25) is 0 Å². The van der Waals surface area contributed by atoms with Gasteiger partial charge in [-0.25, -0.2) is 18.4 Å². The molecular weight excluding hydrogens is 366 g/mol. The molecule has 148 valence electrons. The van der Waals surface area contributed by atoms with E-state index in [0.29, 0.717) is 53.9 Å². The molecule has 1 aliphatic rings. The van der Waals surface area contributed by atoms with Crippen LogP contribution in [0.1, 0.15) is 50.0 Å². The maximum absolute atomic E-state index is 14.1. The lowest BCUT2D eigenvalue weighted by atomic mass is 9.85. The van der Waals surface area contributed by atoms with Gasteiger partial charge in [-0.05, 0) is 50.8 Å². The molecule has 2 aromatic heterocycles. The van der Waals surface area contributed by atoms with Crippen molar-refractivity contribution in [3.8, 4) is 5.75 Å². The summed E-state index contributed by atoms with van der Waals surface area (Å²) in [6.45, 7) is 1.62. The summed E-state index contributed by atoms with van der Waals surface area (Å²) in [5.41, 5.74) is -0.389. The van der Waals surface area contributed by atoms with Crippen LogP contribution >= 0.6 is 0 Å². The van der Waals surface area contributed by atoms with Crippen molar-refractivity contribution in [3.05, 3.63) is 52.0 Å². The Balaban J connectivity index is 1.70. The van der Waals surface area contributed by atoms with Crippen LogP contribution in [0.4, 0.5) is 8.78 Å². The van der Waals surface area contributed by atoms with Crippen molar-refractivity contribution < 1.29 is 13.5 Å². The van der Waals surface area contributed by atoms with Crippen molar-refractivity contribution in [1.82, 2.24) is 19.7 Å². The first kappa shape index (κ1) is 18.6. The Labute approximate surface area is 160 Å². The Hall–Kier alpha value is -2.77. The molecule has 0 amide bonds. The van der Waals surface area contributed by atoms with Gasteiger partial charge < -0.3 is 9.72 Å². The van der Waals surface area contributed by atoms with Gasteiger partial charge in [0, 0.05) is 12.0 Å². The largest absolute Gasteiger partial charge is 0.496 e. The monoisotopic (exact) mass is 388 g/mol. The van der Waals surface area contributed by atoms with Gasteiger partial charge in [-0.2, -0.15) is 5.10 Å². The number of H-pyrrole nitrogens is 1. The summed E-state index contributed by atoms with van der Waals surface area (Å²) >= 11 is 0. The first-order valence-electron chi connectivity index (χ1n) is 9.34. The number of nitrogens with zero attached hydrogens (tertiary/aromatic N) is 3. The zero-order valence-electron chi connectivity index (χ0n) is 15.8. The smallest absolute Gasteiger partial charge is 0.262 e. The normalized spacial score (nSPS) is 22.5. The first-order valence-corrected chi connectivity index (χ1v) is 9.34. The Morgan fingerprint density at radius 1 is 1.36 bits per heavy atom. The van der Waals surface area contributed by atoms with Crippen LogP contribution in [0.2, 0.25) is 0 Å². The fourth-order valence-electron chi connectivity index (χ4n) is 3.85. The number of nitrogens with one attached hydrogen (secondary N) is 1. The molecule has 6 nitrogen and oxygen atoms in total. The summed E-state index contributed by atoms with van der Waals surface area (Å²) in [5, 5.41) is 4.74. The Morgan fingerprint density at radius 3 is 2.82 bits per heavy atom. The molecule has 0 bridgehead atoms. The van der Waals surface area contributed by atoms with E-state index in [1.54, 1.807) is 17.7 Å². The SMILES string of the molecule is COc1ccc(F)cc1Cc1nc2c(cnn2C2CCC(C)(F)CC2)c(=O)[nH]1. The van der Waals surface area contributed by atoms with Crippen LogP contribution in [0.3, 0.4) is 0 Å². The minimum absolute atomic E-state index is 0.00665. The molecule has 0 atom stereocenters. The summed E-state index contributed by atoms with van der Waals surface area (Å²) in [4.78, 5) is 19.8. The number of fused-ring (bicyclic) bond motifs is 1. The number of aromatic amines is 1. The van der Waals surface area contributed by atoms with Crippen LogP contribution in [0.25, 0.3) is 11.0 Å². The maximum Gasteiger partial charge on any atom is 0.262 e. The van der Waals surface area contributed by atoms with E-state index in [4.69, 9.17) is 4.74 Å². The van der Waals surface area contributed by atoms with Crippen LogP contribution in [-0.2, 0) is 6.42 Å². The topological polar surface area (TPSA) is 72.8 Å². The molecule has 1 aliphatic carbocycles. The molecule has 1 N–H and O–H groups in total. The van der Waals surface area contributed by atoms with Crippen molar-refractivity contribution in [2.75, 3.05) is 7.11 Å². The summed E-state index contributed by atoms with van der Waals surface area (Å²) < 4.78 is 34.8. The van der Waals surface area contributed by atoms with E-state index in [0.717, 1.165) is 0 Å². The Bertz CT molecular complexity index is 1060. The Morgan fingerprint density at radius 2 is 2.11 bits per heavy atom. The van der Waals surface area contributed by atoms with E-state index in [-0.39, 0.29) is 23.8 Å². The highest BCUT2D eigenvalue weighted by atomic mass is 19.1. The van der Waals surface area contributed by atoms with Gasteiger partial charge in [-0.1, -0.05) is 0 Å². The summed E-state index contributed by atoms with van der Waals surface area (Å²) in [6, 6.07) is 4.23. The highest BCUT2D eigenvalue weighted by Crippen LogP contribution is 2.37. The van der Waals surface area contributed by atoms with E-state index in [1.807, 2.05) is 0 Å². The van der Waals surface area contributed by atoms with E-state index in [1.165, 1.54) is 25.4 Å². The number of rotatable bonds is 4. The zero-order chi connectivity index (χ0) is 19.9. The Kier molecular flexibility index (Phi) is 4.64. The molecule has 0 spiro atoms. The minimum Gasteiger partial charge on any atom is -0.496 e. The predicted octanol–water partition coefficient (Wildman–Crippen LogP) is 3.70. The average Bonchev–Trinajstić information content (AvgIpc) is 3.06. The second-order valence-electron chi connectivity index (χ2n) is 7.62. The molecule has 0 aliphatic heterocycles. The predicted molar refractivity (Wildman–Crippen MR) is 101 cm³/mol. The molecule has 2 heterocycles. The lowest BCUT2D eigenvalue weighted by molar-refractivity contribution is 0.103. The van der Waals surface area contributed by atoms with Crippen molar-refractivity contribution in [1.29, 1.82) is 0 Å². The third kappa shape index (κ3) is 3.50. The quantitative estimate of drug-likeness (QED) is 0.740. The van der Waals surface area contributed by atoms with Gasteiger partial charge in [0.15, 0.2) is 5.65 Å². The number of ether oxygens (including phenoxy) is 1. The van der Waals surface area contributed by atoms with Crippen molar-refractivity contribution >= 4 is 11.0 Å². The van der Waals surface area contributed by atoms with Gasteiger partial charge in [0.25, 0.3) is 5.56 Å². The number of alkyl halides is 1. The van der Waals surface area contributed by atoms with Gasteiger partial charge in [-0.15, -0.1) is 0 Å². The molecule has 8 heteroatoms.